The lowest BCUT2D eigenvalue weighted by Crippen LogP contribution is -2.50. The van der Waals surface area contributed by atoms with Crippen LogP contribution in [0.1, 0.15) is 64.5 Å². The monoisotopic (exact) mass is 539 g/mol. The van der Waals surface area contributed by atoms with Gasteiger partial charge in [-0.25, -0.2) is 0 Å². The van der Waals surface area contributed by atoms with Gasteiger partial charge in [0.25, 0.3) is 11.8 Å². The zero-order chi connectivity index (χ0) is 28.0. The number of benzene rings is 2. The van der Waals surface area contributed by atoms with Crippen LogP contribution in [-0.2, 0) is 11.3 Å². The molecule has 0 bridgehead atoms. The van der Waals surface area contributed by atoms with Gasteiger partial charge >= 0.3 is 0 Å². The van der Waals surface area contributed by atoms with Crippen molar-refractivity contribution in [3.8, 4) is 11.5 Å². The summed E-state index contributed by atoms with van der Waals surface area (Å²) in [6, 6.07) is 13.0. The number of methoxy groups -OCH3 is 2. The van der Waals surface area contributed by atoms with Gasteiger partial charge in [-0.2, -0.15) is 4.37 Å². The third-order valence-corrected chi connectivity index (χ3v) is 7.12. The molecular weight excluding hydrogens is 506 g/mol. The summed E-state index contributed by atoms with van der Waals surface area (Å²) in [5.41, 5.74) is 12.0. The van der Waals surface area contributed by atoms with Gasteiger partial charge in [-0.05, 0) is 67.2 Å². The standard InChI is InChI=1S/C27H33N5O5S/c1-6-27(2,3)30-25(34)22(17-9-13-19(37-5)14-10-17)32(15-16-7-11-18(36-4)12-8-16)26(35)23-20(28)21(24(29)33)31-38-23/h7-14,22H,6,15,28H2,1-5H3,(H2,29,33)(H,30,34). The van der Waals surface area contributed by atoms with E-state index in [0.29, 0.717) is 23.5 Å². The number of hydrogen-bond donors (Lipinski definition) is 3. The predicted octanol–water partition coefficient (Wildman–Crippen LogP) is 3.53. The van der Waals surface area contributed by atoms with Crippen LogP contribution in [0.5, 0.6) is 11.5 Å². The summed E-state index contributed by atoms with van der Waals surface area (Å²) in [5, 5.41) is 3.06. The van der Waals surface area contributed by atoms with Crippen molar-refractivity contribution in [1.82, 2.24) is 14.6 Å². The van der Waals surface area contributed by atoms with Crippen LogP contribution in [0.25, 0.3) is 0 Å². The molecule has 202 valence electrons. The zero-order valence-electron chi connectivity index (χ0n) is 22.1. The Morgan fingerprint density at radius 2 is 1.58 bits per heavy atom. The van der Waals surface area contributed by atoms with Gasteiger partial charge in [0.15, 0.2) is 5.69 Å². The summed E-state index contributed by atoms with van der Waals surface area (Å²) in [6.07, 6.45) is 0.671. The summed E-state index contributed by atoms with van der Waals surface area (Å²) in [5.74, 6) is -0.518. The number of hydrogen-bond acceptors (Lipinski definition) is 8. The Kier molecular flexibility index (Phi) is 8.95. The highest BCUT2D eigenvalue weighted by atomic mass is 32.1. The van der Waals surface area contributed by atoms with Gasteiger partial charge in [0, 0.05) is 12.1 Å². The molecule has 0 radical (unpaired) electrons. The van der Waals surface area contributed by atoms with Crippen molar-refractivity contribution < 1.29 is 23.9 Å². The first-order valence-corrected chi connectivity index (χ1v) is 12.7. The Hall–Kier alpha value is -4.12. The Morgan fingerprint density at radius 1 is 1.03 bits per heavy atom. The highest BCUT2D eigenvalue weighted by molar-refractivity contribution is 7.09. The van der Waals surface area contributed by atoms with Gasteiger partial charge in [-0.3, -0.25) is 14.4 Å². The SMILES string of the molecule is CCC(C)(C)NC(=O)C(c1ccc(OC)cc1)N(Cc1ccc(OC)cc1)C(=O)c1snc(C(N)=O)c1N. The summed E-state index contributed by atoms with van der Waals surface area (Å²) in [7, 11) is 3.11. The van der Waals surface area contributed by atoms with E-state index in [1.54, 1.807) is 50.6 Å². The minimum absolute atomic E-state index is 0.0216. The highest BCUT2D eigenvalue weighted by Gasteiger charge is 2.36. The number of nitrogens with one attached hydrogen (secondary N) is 1. The Balaban J connectivity index is 2.16. The molecule has 3 rings (SSSR count). The second kappa shape index (κ2) is 12.0. The molecule has 0 aliphatic carbocycles. The maximum Gasteiger partial charge on any atom is 0.270 e. The number of carbonyl (C=O) groups is 3. The highest BCUT2D eigenvalue weighted by Crippen LogP contribution is 2.32. The van der Waals surface area contributed by atoms with E-state index in [1.165, 1.54) is 4.90 Å². The molecule has 0 aliphatic heterocycles. The molecule has 1 unspecified atom stereocenters. The van der Waals surface area contributed by atoms with Crippen LogP contribution in [0.4, 0.5) is 5.69 Å². The van der Waals surface area contributed by atoms with Crippen LogP contribution in [0.2, 0.25) is 0 Å². The first-order valence-electron chi connectivity index (χ1n) is 12.0. The number of primary amides is 1. The normalized spacial score (nSPS) is 11.9. The van der Waals surface area contributed by atoms with E-state index in [0.717, 1.165) is 17.1 Å². The number of rotatable bonds is 11. The van der Waals surface area contributed by atoms with Crippen molar-refractivity contribution in [3.63, 3.8) is 0 Å². The van der Waals surface area contributed by atoms with E-state index < -0.39 is 23.4 Å². The van der Waals surface area contributed by atoms with Gasteiger partial charge in [0.2, 0.25) is 5.91 Å². The minimum atomic E-state index is -1.04. The molecule has 2 aromatic carbocycles. The van der Waals surface area contributed by atoms with Gasteiger partial charge in [0.05, 0.1) is 19.9 Å². The molecule has 3 amide bonds. The van der Waals surface area contributed by atoms with Crippen molar-refractivity contribution in [2.24, 2.45) is 5.73 Å². The molecule has 0 saturated heterocycles. The van der Waals surface area contributed by atoms with Crippen LogP contribution in [-0.4, -0.2) is 46.8 Å². The summed E-state index contributed by atoms with van der Waals surface area (Å²) in [4.78, 5) is 41.1. The van der Waals surface area contributed by atoms with Crippen LogP contribution in [0.3, 0.4) is 0 Å². The van der Waals surface area contributed by atoms with E-state index in [-0.39, 0.29) is 28.7 Å². The number of anilines is 1. The number of ether oxygens (including phenoxy) is 2. The largest absolute Gasteiger partial charge is 0.497 e. The van der Waals surface area contributed by atoms with Crippen LogP contribution in [0, 0.1) is 0 Å². The minimum Gasteiger partial charge on any atom is -0.497 e. The van der Waals surface area contributed by atoms with Crippen molar-refractivity contribution >= 4 is 34.9 Å². The lowest BCUT2D eigenvalue weighted by atomic mass is 9.98. The lowest BCUT2D eigenvalue weighted by molar-refractivity contribution is -0.127. The van der Waals surface area contributed by atoms with Gasteiger partial charge in [0.1, 0.15) is 22.4 Å². The molecule has 11 heteroatoms. The Morgan fingerprint density at radius 3 is 2.05 bits per heavy atom. The molecule has 0 aliphatic rings. The smallest absolute Gasteiger partial charge is 0.270 e. The van der Waals surface area contributed by atoms with E-state index >= 15 is 0 Å². The van der Waals surface area contributed by atoms with E-state index in [2.05, 4.69) is 9.69 Å². The zero-order valence-corrected chi connectivity index (χ0v) is 22.9. The quantitative estimate of drug-likeness (QED) is 0.337. The first-order chi connectivity index (χ1) is 18.0. The van der Waals surface area contributed by atoms with Crippen LogP contribution >= 0.6 is 11.5 Å². The third kappa shape index (κ3) is 6.41. The predicted molar refractivity (Wildman–Crippen MR) is 146 cm³/mol. The van der Waals surface area contributed by atoms with Crippen LogP contribution in [0.15, 0.2) is 48.5 Å². The third-order valence-electron chi connectivity index (χ3n) is 6.27. The molecular formula is C27H33N5O5S. The average Bonchev–Trinajstić information content (AvgIpc) is 3.29. The summed E-state index contributed by atoms with van der Waals surface area (Å²) in [6.45, 7) is 5.84. The molecule has 5 N–H and O–H groups in total. The number of nitrogens with zero attached hydrogens (tertiary/aromatic N) is 2. The number of aromatic nitrogens is 1. The van der Waals surface area contributed by atoms with Gasteiger partial charge < -0.3 is 31.2 Å². The van der Waals surface area contributed by atoms with Gasteiger partial charge in [-0.15, -0.1) is 0 Å². The molecule has 1 heterocycles. The molecule has 1 atom stereocenters. The number of nitrogens with two attached hydrogens (primary N) is 2. The van der Waals surface area contributed by atoms with Gasteiger partial charge in [-0.1, -0.05) is 31.2 Å². The van der Waals surface area contributed by atoms with E-state index in [9.17, 15) is 14.4 Å². The maximum atomic E-state index is 14.0. The lowest BCUT2D eigenvalue weighted by Gasteiger charge is -2.34. The van der Waals surface area contributed by atoms with Crippen molar-refractivity contribution in [3.05, 3.63) is 70.2 Å². The van der Waals surface area contributed by atoms with Crippen molar-refractivity contribution in [2.45, 2.75) is 45.3 Å². The molecule has 0 saturated carbocycles. The van der Waals surface area contributed by atoms with E-state index in [1.807, 2.05) is 32.9 Å². The molecule has 38 heavy (non-hydrogen) atoms. The molecule has 3 aromatic rings. The molecule has 10 nitrogen and oxygen atoms in total. The fourth-order valence-electron chi connectivity index (χ4n) is 3.72. The Bertz CT molecular complexity index is 1290. The fourth-order valence-corrected chi connectivity index (χ4v) is 4.48. The average molecular weight is 540 g/mol. The molecule has 1 aromatic heterocycles. The summed E-state index contributed by atoms with van der Waals surface area (Å²) >= 11 is 0.767. The molecule has 0 spiro atoms. The number of amides is 3. The molecule has 0 fully saturated rings. The second-order valence-electron chi connectivity index (χ2n) is 9.32. The fraction of sp³-hybridized carbons (Fsp3) is 0.333. The topological polar surface area (TPSA) is 150 Å². The second-order valence-corrected chi connectivity index (χ2v) is 10.1. The number of carbonyl (C=O) groups excluding carboxylic acids is 3. The Labute approximate surface area is 226 Å². The summed E-state index contributed by atoms with van der Waals surface area (Å²) < 4.78 is 14.5. The van der Waals surface area contributed by atoms with E-state index in [4.69, 9.17) is 20.9 Å². The van der Waals surface area contributed by atoms with Crippen molar-refractivity contribution in [2.75, 3.05) is 20.0 Å². The first kappa shape index (κ1) is 28.5. The number of nitrogen functional groups attached to an aromatic ring is 1. The maximum absolute atomic E-state index is 14.0. The van der Waals surface area contributed by atoms with Crippen LogP contribution < -0.4 is 26.3 Å². The van der Waals surface area contributed by atoms with Crippen molar-refractivity contribution in [1.29, 1.82) is 0 Å².